The number of hydrogen-bond donors (Lipinski definition) is 0. The van der Waals surface area contributed by atoms with Crippen LogP contribution in [-0.4, -0.2) is 22.4 Å². The molecule has 4 amide bonds. The molecule has 6 nitrogen and oxygen atoms in total. The van der Waals surface area contributed by atoms with E-state index in [0.29, 0.717) is 16.9 Å². The van der Waals surface area contributed by atoms with E-state index < -0.39 is 17.8 Å². The normalized spacial score (nSPS) is 13.6. The standard InChI is InChI=1S/C34H25N3O3/c1-24-22-26(31(25-14-6-2-7-15-25)35(24)27-16-8-3-9-17-27)23-30-32(38)36(28-18-10-4-11-19-28)34(40)37(33(30)39)29-20-12-5-13-21-29/h2-23H,1H3. The SMILES string of the molecule is Cc1cc(C=C2C(=O)N(c3ccccc3)C(=O)N(c3ccccc3)C2=O)c(-c2ccccc2)n1-c1ccccc1. The molecule has 0 radical (unpaired) electrons. The van der Waals surface area contributed by atoms with Gasteiger partial charge in [0.1, 0.15) is 5.57 Å². The molecule has 0 atom stereocenters. The monoisotopic (exact) mass is 523 g/mol. The predicted octanol–water partition coefficient (Wildman–Crippen LogP) is 7.04. The van der Waals surface area contributed by atoms with Crippen molar-refractivity contribution in [3.05, 3.63) is 144 Å². The van der Waals surface area contributed by atoms with Gasteiger partial charge in [0.2, 0.25) is 0 Å². The number of barbiturate groups is 1. The van der Waals surface area contributed by atoms with Gasteiger partial charge < -0.3 is 4.57 Å². The van der Waals surface area contributed by atoms with Gasteiger partial charge in [0.15, 0.2) is 0 Å². The Labute approximate surface area is 232 Å². The fourth-order valence-corrected chi connectivity index (χ4v) is 5.07. The zero-order chi connectivity index (χ0) is 27.6. The van der Waals surface area contributed by atoms with Gasteiger partial charge in [-0.1, -0.05) is 84.9 Å². The van der Waals surface area contributed by atoms with Gasteiger partial charge in [-0.25, -0.2) is 14.6 Å². The van der Waals surface area contributed by atoms with Crippen molar-refractivity contribution in [3.63, 3.8) is 0 Å². The summed E-state index contributed by atoms with van der Waals surface area (Å²) in [5, 5.41) is 0. The zero-order valence-corrected chi connectivity index (χ0v) is 21.8. The molecule has 6 rings (SSSR count). The first-order valence-electron chi connectivity index (χ1n) is 12.9. The van der Waals surface area contributed by atoms with Crippen molar-refractivity contribution in [2.45, 2.75) is 6.92 Å². The lowest BCUT2D eigenvalue weighted by molar-refractivity contribution is -0.121. The van der Waals surface area contributed by atoms with Gasteiger partial charge in [0, 0.05) is 16.9 Å². The van der Waals surface area contributed by atoms with Crippen molar-refractivity contribution in [3.8, 4) is 16.9 Å². The highest BCUT2D eigenvalue weighted by atomic mass is 16.2. The Morgan fingerprint density at radius 1 is 0.550 bits per heavy atom. The quantitative estimate of drug-likeness (QED) is 0.183. The Kier molecular flexibility index (Phi) is 6.42. The van der Waals surface area contributed by atoms with E-state index in [1.807, 2.05) is 73.7 Å². The van der Waals surface area contributed by atoms with Crippen LogP contribution in [0.2, 0.25) is 0 Å². The van der Waals surface area contributed by atoms with Crippen LogP contribution in [0.1, 0.15) is 11.3 Å². The second-order valence-corrected chi connectivity index (χ2v) is 9.42. The molecule has 5 aromatic rings. The van der Waals surface area contributed by atoms with E-state index in [-0.39, 0.29) is 5.57 Å². The average Bonchev–Trinajstić information content (AvgIpc) is 3.32. The van der Waals surface area contributed by atoms with Crippen molar-refractivity contribution in [2.75, 3.05) is 9.80 Å². The first-order chi connectivity index (χ1) is 19.5. The third-order valence-electron chi connectivity index (χ3n) is 6.85. The molecule has 0 N–H and O–H groups in total. The Morgan fingerprint density at radius 3 is 1.45 bits per heavy atom. The molecule has 6 heteroatoms. The Bertz CT molecular complexity index is 1680. The van der Waals surface area contributed by atoms with E-state index in [1.165, 1.54) is 0 Å². The van der Waals surface area contributed by atoms with Crippen LogP contribution >= 0.6 is 0 Å². The van der Waals surface area contributed by atoms with Crippen LogP contribution in [0.3, 0.4) is 0 Å². The number of carbonyl (C=O) groups excluding carboxylic acids is 3. The van der Waals surface area contributed by atoms with Crippen LogP contribution in [0, 0.1) is 6.92 Å². The topological polar surface area (TPSA) is 62.6 Å². The molecule has 1 fully saturated rings. The van der Waals surface area contributed by atoms with Gasteiger partial charge in [-0.15, -0.1) is 0 Å². The maximum absolute atomic E-state index is 13.9. The number of benzene rings is 4. The van der Waals surface area contributed by atoms with Crippen LogP contribution in [-0.2, 0) is 9.59 Å². The summed E-state index contributed by atoms with van der Waals surface area (Å²) in [6.45, 7) is 1.99. The van der Waals surface area contributed by atoms with Crippen molar-refractivity contribution in [2.24, 2.45) is 0 Å². The molecule has 40 heavy (non-hydrogen) atoms. The number of anilines is 2. The second kappa shape index (κ2) is 10.3. The molecule has 1 aliphatic rings. The first kappa shape index (κ1) is 24.8. The molecule has 2 heterocycles. The summed E-state index contributed by atoms with van der Waals surface area (Å²) in [5.74, 6) is -1.34. The maximum Gasteiger partial charge on any atom is 0.343 e. The fraction of sp³-hybridized carbons (Fsp3) is 0.0294. The number of amides is 4. The van der Waals surface area contributed by atoms with E-state index in [0.717, 1.165) is 32.4 Å². The van der Waals surface area contributed by atoms with Gasteiger partial charge in [-0.05, 0) is 61.0 Å². The van der Waals surface area contributed by atoms with E-state index >= 15 is 0 Å². The van der Waals surface area contributed by atoms with Crippen LogP contribution in [0.5, 0.6) is 0 Å². The maximum atomic E-state index is 13.9. The smallest absolute Gasteiger partial charge is 0.313 e. The number of urea groups is 1. The van der Waals surface area contributed by atoms with Crippen LogP contribution in [0.15, 0.2) is 133 Å². The summed E-state index contributed by atoms with van der Waals surface area (Å²) >= 11 is 0. The minimum Gasteiger partial charge on any atom is -0.313 e. The lowest BCUT2D eigenvalue weighted by Crippen LogP contribution is -2.57. The Balaban J connectivity index is 1.57. The summed E-state index contributed by atoms with van der Waals surface area (Å²) in [6, 6.07) is 38.3. The highest BCUT2D eigenvalue weighted by molar-refractivity contribution is 6.46. The van der Waals surface area contributed by atoms with E-state index in [9.17, 15) is 14.4 Å². The van der Waals surface area contributed by atoms with Crippen molar-refractivity contribution < 1.29 is 14.4 Å². The number of aryl methyl sites for hydroxylation is 1. The Morgan fingerprint density at radius 2 is 0.975 bits per heavy atom. The van der Waals surface area contributed by atoms with Gasteiger partial charge in [0.25, 0.3) is 11.8 Å². The number of imide groups is 2. The largest absolute Gasteiger partial charge is 0.343 e. The lowest BCUT2D eigenvalue weighted by atomic mass is 10.0. The molecule has 1 aromatic heterocycles. The number of rotatable bonds is 5. The van der Waals surface area contributed by atoms with E-state index in [4.69, 9.17) is 0 Å². The molecular weight excluding hydrogens is 498 g/mol. The third kappa shape index (κ3) is 4.31. The van der Waals surface area contributed by atoms with Crippen molar-refractivity contribution >= 4 is 35.3 Å². The van der Waals surface area contributed by atoms with Crippen molar-refractivity contribution in [1.82, 2.24) is 4.57 Å². The molecule has 194 valence electrons. The van der Waals surface area contributed by atoms with E-state index in [1.54, 1.807) is 66.7 Å². The Hall–Kier alpha value is -5.49. The van der Waals surface area contributed by atoms with E-state index in [2.05, 4.69) is 4.57 Å². The van der Waals surface area contributed by atoms with Gasteiger partial charge in [-0.2, -0.15) is 0 Å². The summed E-state index contributed by atoms with van der Waals surface area (Å²) in [6.07, 6.45) is 1.61. The molecule has 1 aliphatic heterocycles. The third-order valence-corrected chi connectivity index (χ3v) is 6.85. The predicted molar refractivity (Wildman–Crippen MR) is 157 cm³/mol. The molecule has 4 aromatic carbocycles. The summed E-state index contributed by atoms with van der Waals surface area (Å²) in [5.41, 5.74) is 5.02. The number of hydrogen-bond acceptors (Lipinski definition) is 3. The van der Waals surface area contributed by atoms with Crippen LogP contribution in [0.25, 0.3) is 23.0 Å². The summed E-state index contributed by atoms with van der Waals surface area (Å²) < 4.78 is 2.11. The van der Waals surface area contributed by atoms with Gasteiger partial charge >= 0.3 is 6.03 Å². The average molecular weight is 524 g/mol. The second-order valence-electron chi connectivity index (χ2n) is 9.42. The molecule has 0 unspecified atom stereocenters. The van der Waals surface area contributed by atoms with Gasteiger partial charge in [-0.3, -0.25) is 9.59 Å². The molecule has 1 saturated heterocycles. The number of para-hydroxylation sites is 3. The minimum atomic E-state index is -0.717. The highest BCUT2D eigenvalue weighted by Gasteiger charge is 2.43. The molecule has 0 aliphatic carbocycles. The minimum absolute atomic E-state index is 0.102. The molecule has 0 saturated carbocycles. The number of aromatic nitrogens is 1. The summed E-state index contributed by atoms with van der Waals surface area (Å²) in [4.78, 5) is 43.6. The zero-order valence-electron chi connectivity index (χ0n) is 21.8. The number of nitrogens with zero attached hydrogens (tertiary/aromatic N) is 3. The van der Waals surface area contributed by atoms with Crippen LogP contribution < -0.4 is 9.80 Å². The lowest BCUT2D eigenvalue weighted by Gasteiger charge is -2.33. The van der Waals surface area contributed by atoms with Gasteiger partial charge in [0.05, 0.1) is 17.1 Å². The fourth-order valence-electron chi connectivity index (χ4n) is 5.07. The van der Waals surface area contributed by atoms with Crippen LogP contribution in [0.4, 0.5) is 16.2 Å². The molecular formula is C34H25N3O3. The van der Waals surface area contributed by atoms with Crippen molar-refractivity contribution in [1.29, 1.82) is 0 Å². The first-order valence-corrected chi connectivity index (χ1v) is 12.9. The highest BCUT2D eigenvalue weighted by Crippen LogP contribution is 2.35. The molecule has 0 bridgehead atoms. The number of carbonyl (C=O) groups is 3. The summed E-state index contributed by atoms with van der Waals surface area (Å²) in [7, 11) is 0. The molecule has 0 spiro atoms.